The summed E-state index contributed by atoms with van der Waals surface area (Å²) in [5.74, 6) is 2.15. The van der Waals surface area contributed by atoms with E-state index in [4.69, 9.17) is 28.9 Å². The van der Waals surface area contributed by atoms with Crippen molar-refractivity contribution < 1.29 is 4.79 Å². The number of likely N-dealkylation sites (tertiary alicyclic amines) is 3. The molecule has 0 saturated carbocycles. The first kappa shape index (κ1) is 30.8. The number of amides is 1. The number of piperidine rings is 3. The number of carbonyl (C=O) groups excluding carboxylic acids is 1. The molecule has 224 valence electrons. The van der Waals surface area contributed by atoms with E-state index in [9.17, 15) is 4.79 Å². The maximum absolute atomic E-state index is 11.3. The molecule has 0 spiro atoms. The van der Waals surface area contributed by atoms with Gasteiger partial charge in [0.1, 0.15) is 0 Å². The molecule has 0 aliphatic carbocycles. The Morgan fingerprint density at radius 1 is 0.732 bits per heavy atom. The Morgan fingerprint density at radius 3 is 1.68 bits per heavy atom. The number of halogens is 2. The van der Waals surface area contributed by atoms with Crippen molar-refractivity contribution in [3.05, 3.63) is 57.6 Å². The van der Waals surface area contributed by atoms with Crippen molar-refractivity contribution in [2.45, 2.75) is 51.6 Å². The van der Waals surface area contributed by atoms with Crippen molar-refractivity contribution in [1.82, 2.24) is 20.0 Å². The summed E-state index contributed by atoms with van der Waals surface area (Å²) < 4.78 is 0. The van der Waals surface area contributed by atoms with E-state index in [-0.39, 0.29) is 5.91 Å². The van der Waals surface area contributed by atoms with E-state index >= 15 is 0 Å². The van der Waals surface area contributed by atoms with Gasteiger partial charge in [-0.25, -0.2) is 0 Å². The minimum atomic E-state index is -0.212. The van der Waals surface area contributed by atoms with E-state index in [2.05, 4.69) is 45.3 Å². The van der Waals surface area contributed by atoms with Gasteiger partial charge in [-0.3, -0.25) is 19.5 Å². The summed E-state index contributed by atoms with van der Waals surface area (Å²) in [7, 11) is 2.06. The molecule has 3 aliphatic heterocycles. The minimum absolute atomic E-state index is 0.212. The summed E-state index contributed by atoms with van der Waals surface area (Å²) in [5.41, 5.74) is 10.4. The fraction of sp³-hybridized carbons (Fsp3) is 0.606. The second kappa shape index (κ2) is 14.7. The van der Waals surface area contributed by atoms with Crippen LogP contribution in [0.4, 0.5) is 0 Å². The smallest absolute Gasteiger partial charge is 0.231 e. The zero-order valence-electron chi connectivity index (χ0n) is 24.6. The van der Waals surface area contributed by atoms with Crippen molar-refractivity contribution in [3.63, 3.8) is 0 Å². The van der Waals surface area contributed by atoms with E-state index in [1.54, 1.807) is 6.07 Å². The van der Waals surface area contributed by atoms with Crippen molar-refractivity contribution in [3.8, 4) is 11.1 Å². The van der Waals surface area contributed by atoms with Crippen LogP contribution in [0.25, 0.3) is 11.1 Å². The first-order chi connectivity index (χ1) is 19.8. The number of hydrogen-bond acceptors (Lipinski definition) is 5. The highest BCUT2D eigenvalue weighted by Gasteiger charge is 2.30. The van der Waals surface area contributed by atoms with Crippen molar-refractivity contribution in [1.29, 1.82) is 0 Å². The molecule has 2 aromatic carbocycles. The average Bonchev–Trinajstić information content (AvgIpc) is 2.94. The van der Waals surface area contributed by atoms with E-state index in [0.29, 0.717) is 16.6 Å². The maximum Gasteiger partial charge on any atom is 0.231 e. The van der Waals surface area contributed by atoms with Gasteiger partial charge in [0.2, 0.25) is 5.91 Å². The number of rotatable bonds is 10. The lowest BCUT2D eigenvalue weighted by Gasteiger charge is -2.40. The van der Waals surface area contributed by atoms with Gasteiger partial charge in [-0.15, -0.1) is 0 Å². The van der Waals surface area contributed by atoms with E-state index in [0.717, 1.165) is 82.2 Å². The lowest BCUT2D eigenvalue weighted by molar-refractivity contribution is -0.119. The minimum Gasteiger partial charge on any atom is -0.369 e. The van der Waals surface area contributed by atoms with Gasteiger partial charge >= 0.3 is 0 Å². The highest BCUT2D eigenvalue weighted by Crippen LogP contribution is 2.34. The summed E-state index contributed by atoms with van der Waals surface area (Å²) in [5, 5.41) is 4.70. The zero-order valence-corrected chi connectivity index (χ0v) is 26.1. The summed E-state index contributed by atoms with van der Waals surface area (Å²) in [6.07, 6.45) is 7.43. The summed E-state index contributed by atoms with van der Waals surface area (Å²) in [6.45, 7) is 10.1. The zero-order chi connectivity index (χ0) is 28.8. The molecule has 3 N–H and O–H groups in total. The second-order valence-corrected chi connectivity index (χ2v) is 13.5. The number of carbonyl (C=O) groups is 1. The number of hydrogen-bond donors (Lipinski definition) is 2. The average molecular weight is 601 g/mol. The Balaban J connectivity index is 1.23. The van der Waals surface area contributed by atoms with Crippen LogP contribution in [0.3, 0.4) is 0 Å². The first-order valence-electron chi connectivity index (χ1n) is 15.5. The van der Waals surface area contributed by atoms with Crippen LogP contribution < -0.4 is 11.1 Å². The largest absolute Gasteiger partial charge is 0.369 e. The van der Waals surface area contributed by atoms with Gasteiger partial charge in [0.25, 0.3) is 0 Å². The van der Waals surface area contributed by atoms with Crippen LogP contribution in [0.1, 0.15) is 49.7 Å². The molecule has 3 fully saturated rings. The first-order valence-corrected chi connectivity index (χ1v) is 16.3. The Kier molecular flexibility index (Phi) is 11.0. The van der Waals surface area contributed by atoms with Gasteiger partial charge in [-0.1, -0.05) is 29.3 Å². The Labute approximate surface area is 256 Å². The molecule has 0 atom stereocenters. The highest BCUT2D eigenvalue weighted by atomic mass is 35.5. The van der Waals surface area contributed by atoms with Crippen molar-refractivity contribution >= 4 is 29.1 Å². The molecule has 3 saturated heterocycles. The van der Waals surface area contributed by atoms with Gasteiger partial charge in [0.15, 0.2) is 0 Å². The lowest BCUT2D eigenvalue weighted by atomic mass is 9.78. The summed E-state index contributed by atoms with van der Waals surface area (Å²) >= 11 is 12.8. The van der Waals surface area contributed by atoms with Crippen LogP contribution in [-0.4, -0.2) is 80.0 Å². The molecule has 2 aromatic rings. The Bertz CT molecular complexity index is 1130. The predicted octanol–water partition coefficient (Wildman–Crippen LogP) is 5.50. The number of primary amides is 1. The third-order valence-corrected chi connectivity index (χ3v) is 10.0. The lowest BCUT2D eigenvalue weighted by Crippen LogP contribution is -2.43. The number of benzene rings is 2. The molecular weight excluding hydrogens is 553 g/mol. The van der Waals surface area contributed by atoms with E-state index in [1.165, 1.54) is 55.2 Å². The van der Waals surface area contributed by atoms with Gasteiger partial charge in [0, 0.05) is 23.1 Å². The van der Waals surface area contributed by atoms with Gasteiger partial charge in [-0.2, -0.15) is 0 Å². The molecule has 0 bridgehead atoms. The predicted molar refractivity (Wildman–Crippen MR) is 170 cm³/mol. The highest BCUT2D eigenvalue weighted by molar-refractivity contribution is 6.35. The molecule has 3 heterocycles. The van der Waals surface area contributed by atoms with Crippen molar-refractivity contribution in [2.24, 2.45) is 23.5 Å². The number of nitrogens with zero attached hydrogens (tertiary/aromatic N) is 3. The van der Waals surface area contributed by atoms with Crippen LogP contribution in [0.15, 0.2) is 36.4 Å². The van der Waals surface area contributed by atoms with Gasteiger partial charge < -0.3 is 11.1 Å². The molecule has 41 heavy (non-hydrogen) atoms. The molecule has 0 radical (unpaired) electrons. The quantitative estimate of drug-likeness (QED) is 0.377. The third kappa shape index (κ3) is 8.92. The second-order valence-electron chi connectivity index (χ2n) is 12.7. The van der Waals surface area contributed by atoms with Crippen LogP contribution in [0.2, 0.25) is 10.0 Å². The number of nitrogens with one attached hydrogen (secondary N) is 1. The fourth-order valence-corrected chi connectivity index (χ4v) is 7.90. The van der Waals surface area contributed by atoms with Crippen molar-refractivity contribution in [2.75, 3.05) is 59.4 Å². The Hall–Kier alpha value is -1.67. The van der Waals surface area contributed by atoms with Crippen LogP contribution in [0, 0.1) is 17.8 Å². The third-order valence-electron chi connectivity index (χ3n) is 9.57. The maximum atomic E-state index is 11.3. The molecule has 3 aliphatic rings. The number of nitrogens with two attached hydrogens (primary N) is 1. The SMILES string of the molecule is CNCC1CCN(Cc2cc(CN3CCC(C4CCN(CC(N)=O)CC4)CC3)cc(-c3cc(Cl)cc(Cl)c3)c2)CC1. The van der Waals surface area contributed by atoms with E-state index in [1.807, 2.05) is 12.1 Å². The topological polar surface area (TPSA) is 64.8 Å². The van der Waals surface area contributed by atoms with Gasteiger partial charge in [-0.05, 0) is 162 Å². The molecule has 8 heteroatoms. The monoisotopic (exact) mass is 599 g/mol. The molecule has 0 unspecified atom stereocenters. The Morgan fingerprint density at radius 2 is 1.20 bits per heavy atom. The molecule has 0 aromatic heterocycles. The fourth-order valence-electron chi connectivity index (χ4n) is 7.37. The molecule has 1 amide bonds. The summed E-state index contributed by atoms with van der Waals surface area (Å²) in [6, 6.07) is 13.0. The van der Waals surface area contributed by atoms with E-state index < -0.39 is 0 Å². The van der Waals surface area contributed by atoms with Crippen LogP contribution in [-0.2, 0) is 17.9 Å². The molecular formula is C33H47Cl2N5O. The summed E-state index contributed by atoms with van der Waals surface area (Å²) in [4.78, 5) is 18.7. The standard InChI is InChI=1S/C33H47Cl2N5O/c1-37-20-24-2-8-38(9-3-24)21-25-14-26(16-29(15-25)30-17-31(34)19-32(35)18-30)22-39-10-4-27(5-11-39)28-6-12-40(13-7-28)23-33(36)41/h14-19,24,27-28,37H,2-13,20-23H2,1H3,(H2,36,41). The van der Waals surface area contributed by atoms with Crippen LogP contribution in [0.5, 0.6) is 0 Å². The molecule has 6 nitrogen and oxygen atoms in total. The van der Waals surface area contributed by atoms with Crippen LogP contribution >= 0.6 is 23.2 Å². The molecule has 5 rings (SSSR count). The normalized spacial score (nSPS) is 21.0. The van der Waals surface area contributed by atoms with Gasteiger partial charge in [0.05, 0.1) is 6.54 Å².